The number of carboxylic acid groups (broad SMARTS) is 1. The van der Waals surface area contributed by atoms with Gasteiger partial charge in [-0.05, 0) is 96.3 Å². The van der Waals surface area contributed by atoms with Crippen LogP contribution in [0.25, 0.3) is 0 Å². The highest BCUT2D eigenvalue weighted by Crippen LogP contribution is 2.12. The summed E-state index contributed by atoms with van der Waals surface area (Å²) >= 11 is 0. The number of nitrogens with zero attached hydrogens (tertiary/aromatic N) is 5. The molecule has 0 radical (unpaired) electrons. The molecule has 2 fully saturated rings. The Morgan fingerprint density at radius 3 is 1.07 bits per heavy atom. The first-order valence-electron chi connectivity index (χ1n) is 28.5. The van der Waals surface area contributed by atoms with E-state index in [4.69, 9.17) is 41.7 Å². The van der Waals surface area contributed by atoms with Crippen molar-refractivity contribution < 1.29 is 106 Å². The number of nitrogens with one attached hydrogen (secondary N) is 10. The molecule has 18 N–H and O–H groups in total. The van der Waals surface area contributed by atoms with E-state index in [0.29, 0.717) is 31.2 Å². The van der Waals surface area contributed by atoms with Gasteiger partial charge >= 0.3 is 30.2 Å². The number of nitrogens with two attached hydrogens (primary N) is 3. The molecule has 0 atom stereocenters. The summed E-state index contributed by atoms with van der Waals surface area (Å²) in [5.41, 5.74) is 13.0. The molecule has 0 aliphatic carbocycles. The number of ether oxygens (including phenoxy) is 3. The molecule has 538 valence electrons. The summed E-state index contributed by atoms with van der Waals surface area (Å²) in [5, 5.41) is 39.7. The van der Waals surface area contributed by atoms with Gasteiger partial charge < -0.3 is 99.4 Å². The number of alkyl carbamates (subject to hydrolysis) is 3. The maximum Gasteiger partial charge on any atom is 0.408 e. The summed E-state index contributed by atoms with van der Waals surface area (Å²) in [6.07, 6.45) is -0.958. The monoisotopic (exact) mass is 1370 g/mol. The van der Waals surface area contributed by atoms with E-state index in [1.807, 2.05) is 6.92 Å². The maximum atomic E-state index is 11.6. The summed E-state index contributed by atoms with van der Waals surface area (Å²) in [4.78, 5) is 193. The Morgan fingerprint density at radius 1 is 0.489 bits per heavy atom. The first-order valence-corrected chi connectivity index (χ1v) is 28.5. The molecule has 94 heavy (non-hydrogen) atoms. The lowest BCUT2D eigenvalue weighted by molar-refractivity contribution is -0.196. The third kappa shape index (κ3) is 63.0. The molecule has 0 aromatic heterocycles. The Kier molecular flexibility index (Phi) is 53.0. The fraction of sp³-hybridized carbons (Fsp3) is 0.679. The minimum Gasteiger partial charge on any atom is -0.480 e. The molecular formula is C53H97ClN18O22. The fourth-order valence-corrected chi connectivity index (χ4v) is 5.10. The van der Waals surface area contributed by atoms with Crippen LogP contribution in [0.3, 0.4) is 0 Å². The van der Waals surface area contributed by atoms with Gasteiger partial charge in [0.25, 0.3) is 23.6 Å². The first kappa shape index (κ1) is 93.5. The third-order valence-corrected chi connectivity index (χ3v) is 9.06. The van der Waals surface area contributed by atoms with Crippen LogP contribution >= 0.6 is 12.4 Å². The molecule has 0 aromatic rings. The number of halogens is 1. The third-order valence-electron chi connectivity index (χ3n) is 9.06. The zero-order chi connectivity index (χ0) is 72.3. The van der Waals surface area contributed by atoms with Crippen molar-refractivity contribution in [3.05, 3.63) is 0 Å². The van der Waals surface area contributed by atoms with Gasteiger partial charge in [0.15, 0.2) is 0 Å². The van der Waals surface area contributed by atoms with Gasteiger partial charge in [0.05, 0.1) is 38.7 Å². The molecule has 0 unspecified atom stereocenters. The summed E-state index contributed by atoms with van der Waals surface area (Å²) in [7, 11) is 4.12. The van der Waals surface area contributed by atoms with Crippen LogP contribution in [0.15, 0.2) is 9.98 Å². The highest BCUT2D eigenvalue weighted by atomic mass is 35.5. The minimum absolute atomic E-state index is 0. The first-order chi connectivity index (χ1) is 43.1. The van der Waals surface area contributed by atoms with Crippen LogP contribution in [0.2, 0.25) is 0 Å². The summed E-state index contributed by atoms with van der Waals surface area (Å²) in [6.45, 7) is 18.1. The highest BCUT2D eigenvalue weighted by Gasteiger charge is 2.33. The van der Waals surface area contributed by atoms with Crippen molar-refractivity contribution in [2.75, 3.05) is 119 Å². The Labute approximate surface area is 550 Å². The molecule has 41 heteroatoms. The average Bonchev–Trinajstić information content (AvgIpc) is 1.80. The van der Waals surface area contributed by atoms with E-state index in [0.717, 1.165) is 26.1 Å². The lowest BCUT2D eigenvalue weighted by Gasteiger charge is -2.19. The van der Waals surface area contributed by atoms with Crippen LogP contribution in [-0.4, -0.2) is 262 Å². The van der Waals surface area contributed by atoms with Crippen molar-refractivity contribution in [2.24, 2.45) is 27.2 Å². The van der Waals surface area contributed by atoms with Crippen molar-refractivity contribution in [3.63, 3.8) is 0 Å². The topological polar surface area (TPSA) is 583 Å². The predicted molar refractivity (Wildman–Crippen MR) is 334 cm³/mol. The van der Waals surface area contributed by atoms with Crippen molar-refractivity contribution >= 4 is 114 Å². The van der Waals surface area contributed by atoms with Gasteiger partial charge in [0.1, 0.15) is 49.5 Å². The van der Waals surface area contributed by atoms with Gasteiger partial charge in [-0.25, -0.2) is 29.2 Å². The molecule has 2 rings (SSSR count). The van der Waals surface area contributed by atoms with Crippen LogP contribution < -0.4 is 70.4 Å². The molecule has 0 saturated carbocycles. The lowest BCUT2D eigenvalue weighted by Crippen LogP contribution is -2.45. The van der Waals surface area contributed by atoms with Gasteiger partial charge in [0.2, 0.25) is 41.4 Å². The predicted octanol–water partition coefficient (Wildman–Crippen LogP) is -5.02. The number of imide groups is 2. The Morgan fingerprint density at radius 2 is 0.798 bits per heavy atom. The van der Waals surface area contributed by atoms with Crippen LogP contribution in [-0.2, 0) is 81.4 Å². The van der Waals surface area contributed by atoms with Crippen LogP contribution in [0.5, 0.6) is 0 Å². The molecule has 0 spiro atoms. The molecular weight excluding hydrogens is 1280 g/mol. The molecule has 2 aliphatic rings. The quantitative estimate of drug-likeness (QED) is 0.0120. The second-order valence-corrected chi connectivity index (χ2v) is 21.6. The van der Waals surface area contributed by atoms with Gasteiger partial charge in [0, 0.05) is 58.4 Å². The second-order valence-electron chi connectivity index (χ2n) is 21.6. The fourth-order valence-electron chi connectivity index (χ4n) is 5.10. The number of carbonyl (C=O) groups is 16. The standard InChI is InChI=1S/C15H22N4O8.C13H25N5O5.C11H19N3O6.C8H17N3.C4H5NO3.C2H8N2.ClH/c1-15(2,3)26-14(25)18-7-10(21)16-6-9(20)17-8-13(24)27-19-11(22)4-5-12(19)23;1-13(2,3)23-12(22)18-8-11(21)17-7-10(20)16-6-9(19)15-5-4-14;1-11(2,3)20-10(19)14-5-8(16)12-4-7(15)13-6-9(17)18;1-4-9-8-10-6-5-7-11(2)3;6-3-1-2-4(7)5(3)8;3-1-2-4;/h4-8H2,1-3H3,(H,16,21)(H,17,20)(H,18,25);4-8,14H2,1-3H3,(H,15,19)(H,16,20)(H,17,21)(H,18,22);4-6H2,1-3H3,(H,12,16)(H,13,15)(H,14,19)(H,17,18);4-7H2,1-3H3;8H,1-2H2;1-4H2;1H. The van der Waals surface area contributed by atoms with Crippen LogP contribution in [0.1, 0.15) is 101 Å². The van der Waals surface area contributed by atoms with Gasteiger partial charge in [-0.2, -0.15) is 5.06 Å². The summed E-state index contributed by atoms with van der Waals surface area (Å²) in [6, 6.07) is 2.64. The van der Waals surface area contributed by atoms with Crippen LogP contribution in [0, 0.1) is 0 Å². The van der Waals surface area contributed by atoms with Gasteiger partial charge in [-0.15, -0.1) is 17.5 Å². The van der Waals surface area contributed by atoms with Crippen molar-refractivity contribution in [2.45, 2.75) is 118 Å². The van der Waals surface area contributed by atoms with E-state index in [1.54, 1.807) is 62.3 Å². The molecule has 2 heterocycles. The van der Waals surface area contributed by atoms with E-state index < -0.39 is 132 Å². The number of hydroxylamine groups is 4. The Bertz CT molecular complexity index is 2480. The van der Waals surface area contributed by atoms with Crippen molar-refractivity contribution in [3.8, 4) is 0 Å². The molecule has 2 saturated heterocycles. The number of carbonyl (C=O) groups excluding carboxylic acids is 15. The largest absolute Gasteiger partial charge is 0.480 e. The minimum atomic E-state index is -1.18. The van der Waals surface area contributed by atoms with E-state index in [9.17, 15) is 76.7 Å². The number of rotatable bonds is 27. The number of hydrogen-bond donors (Lipinski definition) is 15. The van der Waals surface area contributed by atoms with E-state index >= 15 is 0 Å². The SMILES string of the molecule is CC(C)(C)OC(=O)NCC(=O)NCC(=O)NCC(=O)NCCN.CC(C)(C)OC(=O)NCC(=O)NCC(=O)NCC(=O)O.CC(C)(C)OC(=O)NCC(=O)NCC(=O)NCC(=O)ON1C(=O)CCC1=O.CCN=C=NCCCN(C)C.Cl.NCCN.O=C1CCC(=O)N1O. The molecule has 40 nitrogen and oxygen atoms in total. The highest BCUT2D eigenvalue weighted by molar-refractivity contribution is 6.02. The van der Waals surface area contributed by atoms with E-state index in [-0.39, 0.29) is 81.8 Å². The van der Waals surface area contributed by atoms with Gasteiger partial charge in [-0.3, -0.25) is 62.7 Å². The number of hydrogen-bond acceptors (Lipinski definition) is 27. The number of carboxylic acids is 1. The second kappa shape index (κ2) is 53.3. The zero-order valence-corrected chi connectivity index (χ0v) is 56.1. The maximum absolute atomic E-state index is 11.6. The lowest BCUT2D eigenvalue weighted by atomic mass is 10.2. The Balaban J connectivity index is -0.000000361. The Hall–Kier alpha value is -9.21. The number of amides is 14. The van der Waals surface area contributed by atoms with Gasteiger partial charge in [-0.1, -0.05) is 0 Å². The van der Waals surface area contributed by atoms with E-state index in [2.05, 4.69) is 93.0 Å². The van der Waals surface area contributed by atoms with Crippen LogP contribution in [0.4, 0.5) is 14.4 Å². The average molecular weight is 1370 g/mol. The summed E-state index contributed by atoms with van der Waals surface area (Å²) < 4.78 is 14.8. The molecule has 0 aromatic carbocycles. The molecule has 2 aliphatic heterocycles. The number of aliphatic imine (C=N–C) groups is 2. The zero-order valence-electron chi connectivity index (χ0n) is 55.3. The van der Waals surface area contributed by atoms with Crippen molar-refractivity contribution in [1.29, 1.82) is 0 Å². The number of aliphatic carboxylic acids is 1. The van der Waals surface area contributed by atoms with Crippen molar-refractivity contribution in [1.82, 2.24) is 68.2 Å². The molecule has 14 amide bonds. The van der Waals surface area contributed by atoms with E-state index in [1.165, 1.54) is 0 Å². The normalized spacial score (nSPS) is 11.9. The smallest absolute Gasteiger partial charge is 0.408 e. The summed E-state index contributed by atoms with van der Waals surface area (Å²) in [5.74, 6) is -8.53. The molecule has 0 bridgehead atoms.